The highest BCUT2D eigenvalue weighted by atomic mass is 15.1. The first-order valence-electron chi connectivity index (χ1n) is 20.7. The third kappa shape index (κ3) is 6.99. The maximum Gasteiger partial charge on any atom is 0.0468 e. The van der Waals surface area contributed by atoms with Crippen molar-refractivity contribution in [2.75, 3.05) is 16.3 Å². The molecule has 0 radical (unpaired) electrons. The van der Waals surface area contributed by atoms with E-state index in [0.29, 0.717) is 0 Å². The molecule has 0 N–H and O–H groups in total. The van der Waals surface area contributed by atoms with Crippen LogP contribution in [0.1, 0.15) is 11.1 Å². The molecule has 0 spiro atoms. The molecule has 2 nitrogen and oxygen atoms in total. The molecule has 0 aliphatic heterocycles. The number of anilines is 5. The maximum atomic E-state index is 4.58. The molecule has 0 saturated carbocycles. The van der Waals surface area contributed by atoms with Gasteiger partial charge in [-0.15, -0.1) is 0 Å². The summed E-state index contributed by atoms with van der Waals surface area (Å²) in [5.74, 6) is 0. The average molecular weight is 769 g/mol. The van der Waals surface area contributed by atoms with Crippen LogP contribution in [0.25, 0.3) is 60.6 Å². The Morgan fingerprint density at radius 1 is 0.367 bits per heavy atom. The summed E-state index contributed by atoms with van der Waals surface area (Å²) >= 11 is 0. The molecule has 10 rings (SSSR count). The summed E-state index contributed by atoms with van der Waals surface area (Å²) < 4.78 is 0. The molecule has 0 fully saturated rings. The van der Waals surface area contributed by atoms with Crippen molar-refractivity contribution in [2.45, 2.75) is 6.42 Å². The Balaban J connectivity index is 1.28. The molecule has 60 heavy (non-hydrogen) atoms. The van der Waals surface area contributed by atoms with Crippen LogP contribution in [-0.4, -0.2) is 6.54 Å². The SMILES string of the molecule is C=Cc1c(CCN(c2ccccc2)c2ccccc2)c(-c2ccc3ccccc3c2)c2cc(N(c3ccccc3)c3ccccc3)ccc2c1-c1ccc2ccccc2c1. The fourth-order valence-electron chi connectivity index (χ4n) is 8.95. The van der Waals surface area contributed by atoms with Gasteiger partial charge in [-0.3, -0.25) is 0 Å². The van der Waals surface area contributed by atoms with E-state index in [4.69, 9.17) is 0 Å². The Hall–Kier alpha value is -7.68. The van der Waals surface area contributed by atoms with Gasteiger partial charge >= 0.3 is 0 Å². The van der Waals surface area contributed by atoms with Crippen LogP contribution in [0.15, 0.2) is 231 Å². The highest BCUT2D eigenvalue weighted by molar-refractivity contribution is 6.12. The number of nitrogens with zero attached hydrogens (tertiary/aromatic N) is 2. The number of fused-ring (bicyclic) bond motifs is 3. The topological polar surface area (TPSA) is 6.48 Å². The van der Waals surface area contributed by atoms with Crippen molar-refractivity contribution in [3.05, 3.63) is 242 Å². The maximum absolute atomic E-state index is 4.58. The molecule has 0 aliphatic rings. The van der Waals surface area contributed by atoms with Crippen LogP contribution >= 0.6 is 0 Å². The minimum atomic E-state index is 0.762. The van der Waals surface area contributed by atoms with Gasteiger partial charge in [-0.1, -0.05) is 164 Å². The van der Waals surface area contributed by atoms with E-state index in [9.17, 15) is 0 Å². The van der Waals surface area contributed by atoms with E-state index in [-0.39, 0.29) is 0 Å². The first-order chi connectivity index (χ1) is 29.7. The molecular formula is C58H44N2. The van der Waals surface area contributed by atoms with Crippen LogP contribution in [0.4, 0.5) is 28.4 Å². The van der Waals surface area contributed by atoms with Gasteiger partial charge in [0, 0.05) is 35.0 Å². The number of para-hydroxylation sites is 4. The summed E-state index contributed by atoms with van der Waals surface area (Å²) in [6, 6.07) is 81.1. The van der Waals surface area contributed by atoms with Gasteiger partial charge in [0.05, 0.1) is 0 Å². The van der Waals surface area contributed by atoms with Crippen LogP contribution in [0.5, 0.6) is 0 Å². The molecule has 0 aliphatic carbocycles. The molecule has 10 aromatic rings. The lowest BCUT2D eigenvalue weighted by molar-refractivity contribution is 0.915. The number of hydrogen-bond donors (Lipinski definition) is 0. The van der Waals surface area contributed by atoms with Gasteiger partial charge in [0.15, 0.2) is 0 Å². The Bertz CT molecular complexity index is 3020. The number of benzene rings is 10. The normalized spacial score (nSPS) is 11.2. The lowest BCUT2D eigenvalue weighted by Crippen LogP contribution is -2.21. The van der Waals surface area contributed by atoms with Crippen LogP contribution < -0.4 is 9.80 Å². The van der Waals surface area contributed by atoms with Crippen molar-refractivity contribution in [1.29, 1.82) is 0 Å². The van der Waals surface area contributed by atoms with Crippen LogP contribution in [0.2, 0.25) is 0 Å². The molecule has 0 atom stereocenters. The summed E-state index contributed by atoms with van der Waals surface area (Å²) in [4.78, 5) is 4.81. The summed E-state index contributed by atoms with van der Waals surface area (Å²) in [5.41, 5.74) is 12.9. The first-order valence-corrected chi connectivity index (χ1v) is 20.7. The zero-order chi connectivity index (χ0) is 40.3. The smallest absolute Gasteiger partial charge is 0.0468 e. The second-order valence-electron chi connectivity index (χ2n) is 15.3. The minimum absolute atomic E-state index is 0.762. The van der Waals surface area contributed by atoms with E-state index in [0.717, 1.165) is 47.0 Å². The minimum Gasteiger partial charge on any atom is -0.341 e. The van der Waals surface area contributed by atoms with E-state index >= 15 is 0 Å². The average Bonchev–Trinajstić information content (AvgIpc) is 3.32. The molecule has 286 valence electrons. The Morgan fingerprint density at radius 2 is 0.817 bits per heavy atom. The Labute approximate surface area is 352 Å². The first kappa shape index (κ1) is 36.6. The molecule has 0 unspecified atom stereocenters. The second kappa shape index (κ2) is 16.3. The van der Waals surface area contributed by atoms with Crippen molar-refractivity contribution in [2.24, 2.45) is 0 Å². The van der Waals surface area contributed by atoms with Gasteiger partial charge in [-0.2, -0.15) is 0 Å². The van der Waals surface area contributed by atoms with Gasteiger partial charge < -0.3 is 9.80 Å². The second-order valence-corrected chi connectivity index (χ2v) is 15.3. The fourth-order valence-corrected chi connectivity index (χ4v) is 8.95. The summed E-state index contributed by atoms with van der Waals surface area (Å²) in [5, 5.41) is 7.28. The third-order valence-electron chi connectivity index (χ3n) is 11.7. The summed E-state index contributed by atoms with van der Waals surface area (Å²) in [6.45, 7) is 5.34. The van der Waals surface area contributed by atoms with E-state index in [1.54, 1.807) is 0 Å². The van der Waals surface area contributed by atoms with E-state index < -0.39 is 0 Å². The van der Waals surface area contributed by atoms with Crippen LogP contribution in [-0.2, 0) is 6.42 Å². The van der Waals surface area contributed by atoms with Gasteiger partial charge in [0.1, 0.15) is 0 Å². The molecule has 10 aromatic carbocycles. The largest absolute Gasteiger partial charge is 0.341 e. The number of rotatable bonds is 11. The highest BCUT2D eigenvalue weighted by Crippen LogP contribution is 2.47. The van der Waals surface area contributed by atoms with Crippen molar-refractivity contribution in [1.82, 2.24) is 0 Å². The van der Waals surface area contributed by atoms with Crippen molar-refractivity contribution in [3.8, 4) is 22.3 Å². The highest BCUT2D eigenvalue weighted by Gasteiger charge is 2.24. The quantitative estimate of drug-likeness (QED) is 0.129. The third-order valence-corrected chi connectivity index (χ3v) is 11.7. The summed E-state index contributed by atoms with van der Waals surface area (Å²) in [7, 11) is 0. The molecule has 0 saturated heterocycles. The molecule has 0 aromatic heterocycles. The number of hydrogen-bond acceptors (Lipinski definition) is 2. The van der Waals surface area contributed by atoms with Crippen LogP contribution in [0.3, 0.4) is 0 Å². The lowest BCUT2D eigenvalue weighted by Gasteiger charge is -2.29. The van der Waals surface area contributed by atoms with Crippen molar-refractivity contribution < 1.29 is 0 Å². The molecule has 2 heteroatoms. The summed E-state index contributed by atoms with van der Waals surface area (Å²) in [6.07, 6.45) is 2.88. The Morgan fingerprint density at radius 3 is 1.32 bits per heavy atom. The monoisotopic (exact) mass is 768 g/mol. The molecule has 0 bridgehead atoms. The lowest BCUT2D eigenvalue weighted by atomic mass is 9.81. The van der Waals surface area contributed by atoms with Gasteiger partial charge in [-0.25, -0.2) is 0 Å². The standard InChI is InChI=1S/C58H44N2/c1-2-53-55(37-38-59(48-23-7-3-8-24-48)49-25-9-4-10-26-49)58(47-34-32-43-20-16-18-22-45(43)40-47)56-41-52(60(50-27-11-5-12-28-50)51-29-13-6-14-30-51)35-36-54(56)57(53)46-33-31-42-19-15-17-21-44(42)39-46/h2-36,39-41H,1,37-38H2. The molecule has 0 heterocycles. The predicted molar refractivity (Wildman–Crippen MR) is 258 cm³/mol. The zero-order valence-electron chi connectivity index (χ0n) is 33.5. The van der Waals surface area contributed by atoms with E-state index in [1.807, 2.05) is 0 Å². The molecular weight excluding hydrogens is 725 g/mol. The van der Waals surface area contributed by atoms with Gasteiger partial charge in [0.25, 0.3) is 0 Å². The van der Waals surface area contributed by atoms with Crippen molar-refractivity contribution >= 4 is 66.8 Å². The Kier molecular flexibility index (Phi) is 9.95. The van der Waals surface area contributed by atoms with E-state index in [1.165, 1.54) is 60.1 Å². The van der Waals surface area contributed by atoms with Crippen LogP contribution in [0, 0.1) is 0 Å². The predicted octanol–water partition coefficient (Wildman–Crippen LogP) is 16.0. The molecule has 0 amide bonds. The zero-order valence-corrected chi connectivity index (χ0v) is 33.5. The fraction of sp³-hybridized carbons (Fsp3) is 0.0345. The van der Waals surface area contributed by atoms with Crippen molar-refractivity contribution in [3.63, 3.8) is 0 Å². The van der Waals surface area contributed by atoms with Gasteiger partial charge in [0.2, 0.25) is 0 Å². The van der Waals surface area contributed by atoms with E-state index in [2.05, 4.69) is 247 Å². The van der Waals surface area contributed by atoms with Gasteiger partial charge in [-0.05, 0) is 145 Å².